The van der Waals surface area contributed by atoms with Crippen molar-refractivity contribution >= 4 is 0 Å². The minimum absolute atomic E-state index is 0.635. The van der Waals surface area contributed by atoms with E-state index < -0.39 is 0 Å². The van der Waals surface area contributed by atoms with Crippen molar-refractivity contribution in [2.75, 3.05) is 20.1 Å². The Morgan fingerprint density at radius 1 is 0.941 bits per heavy atom. The maximum Gasteiger partial charge on any atom is 0.00242 e. The van der Waals surface area contributed by atoms with E-state index in [1.54, 1.807) is 0 Å². The van der Waals surface area contributed by atoms with Crippen LogP contribution in [0.3, 0.4) is 0 Å². The van der Waals surface area contributed by atoms with E-state index in [-0.39, 0.29) is 0 Å². The predicted octanol–water partition coefficient (Wildman–Crippen LogP) is 4.71. The molecule has 0 bridgehead atoms. The van der Waals surface area contributed by atoms with Gasteiger partial charge in [-0.1, -0.05) is 59.3 Å². The van der Waals surface area contributed by atoms with Gasteiger partial charge in [-0.05, 0) is 31.2 Å². The Balaban J connectivity index is 2.35. The monoisotopic (exact) mass is 239 g/mol. The minimum Gasteiger partial charge on any atom is -0.306 e. The van der Waals surface area contributed by atoms with Gasteiger partial charge in [-0.3, -0.25) is 0 Å². The molecule has 1 rings (SSSR count). The molecule has 0 aliphatic carbocycles. The summed E-state index contributed by atoms with van der Waals surface area (Å²) in [6.07, 6.45) is 11.4. The topological polar surface area (TPSA) is 3.24 Å². The van der Waals surface area contributed by atoms with Crippen LogP contribution in [0.25, 0.3) is 0 Å². The van der Waals surface area contributed by atoms with Crippen molar-refractivity contribution in [1.82, 2.24) is 4.90 Å². The standard InChI is InChI=1S/C16H33N/c1-5-7-9-10-12-16(3,11-8-6-2)15-13-17(4)14-15/h15H,5-14H2,1-4H3. The first-order chi connectivity index (χ1) is 8.12. The van der Waals surface area contributed by atoms with E-state index >= 15 is 0 Å². The molecular formula is C16H33N. The number of hydrogen-bond donors (Lipinski definition) is 0. The second-order valence-electron chi connectivity index (χ2n) is 6.49. The lowest BCUT2D eigenvalue weighted by atomic mass is 9.67. The Labute approximate surface area is 109 Å². The summed E-state index contributed by atoms with van der Waals surface area (Å²) in [5, 5.41) is 0. The molecule has 1 heterocycles. The molecule has 1 nitrogen and oxygen atoms in total. The molecule has 1 heteroatoms. The third-order valence-corrected chi connectivity index (χ3v) is 4.75. The first-order valence-corrected chi connectivity index (χ1v) is 7.81. The fraction of sp³-hybridized carbons (Fsp3) is 1.00. The van der Waals surface area contributed by atoms with Crippen molar-refractivity contribution in [2.45, 2.75) is 72.1 Å². The molecule has 0 amide bonds. The average Bonchev–Trinajstić information content (AvgIpc) is 2.28. The Bertz CT molecular complexity index is 196. The molecule has 0 N–H and O–H groups in total. The summed E-state index contributed by atoms with van der Waals surface area (Å²) in [4.78, 5) is 2.47. The summed E-state index contributed by atoms with van der Waals surface area (Å²) in [6.45, 7) is 9.87. The number of unbranched alkanes of at least 4 members (excludes halogenated alkanes) is 4. The van der Waals surface area contributed by atoms with E-state index in [4.69, 9.17) is 0 Å². The second kappa shape index (κ2) is 7.41. The molecule has 1 saturated heterocycles. The van der Waals surface area contributed by atoms with Crippen molar-refractivity contribution in [3.8, 4) is 0 Å². The number of nitrogens with zero attached hydrogens (tertiary/aromatic N) is 1. The van der Waals surface area contributed by atoms with E-state index in [2.05, 4.69) is 32.7 Å². The van der Waals surface area contributed by atoms with Crippen LogP contribution in [0, 0.1) is 11.3 Å². The summed E-state index contributed by atoms with van der Waals surface area (Å²) >= 11 is 0. The van der Waals surface area contributed by atoms with Crippen molar-refractivity contribution in [2.24, 2.45) is 11.3 Å². The fourth-order valence-electron chi connectivity index (χ4n) is 3.21. The number of hydrogen-bond acceptors (Lipinski definition) is 1. The lowest BCUT2D eigenvalue weighted by Gasteiger charge is -2.48. The maximum atomic E-state index is 2.56. The molecule has 0 aromatic heterocycles. The zero-order chi connectivity index (χ0) is 12.7. The Morgan fingerprint density at radius 3 is 2.06 bits per heavy atom. The van der Waals surface area contributed by atoms with Crippen molar-refractivity contribution in [3.05, 3.63) is 0 Å². The van der Waals surface area contributed by atoms with Gasteiger partial charge in [0.05, 0.1) is 0 Å². The number of rotatable bonds is 9. The zero-order valence-electron chi connectivity index (χ0n) is 12.6. The maximum absolute atomic E-state index is 2.56. The minimum atomic E-state index is 0.635. The van der Waals surface area contributed by atoms with Gasteiger partial charge in [-0.15, -0.1) is 0 Å². The predicted molar refractivity (Wildman–Crippen MR) is 77.4 cm³/mol. The van der Waals surface area contributed by atoms with Crippen molar-refractivity contribution in [3.63, 3.8) is 0 Å². The van der Waals surface area contributed by atoms with E-state index in [0.717, 1.165) is 5.92 Å². The Hall–Kier alpha value is -0.0400. The van der Waals surface area contributed by atoms with Crippen molar-refractivity contribution in [1.29, 1.82) is 0 Å². The number of likely N-dealkylation sites (tertiary alicyclic amines) is 1. The largest absolute Gasteiger partial charge is 0.306 e. The summed E-state index contributed by atoms with van der Waals surface area (Å²) in [5.74, 6) is 0.973. The van der Waals surface area contributed by atoms with Gasteiger partial charge in [0.25, 0.3) is 0 Å². The normalized spacial score (nSPS) is 21.2. The Kier molecular flexibility index (Phi) is 6.54. The summed E-state index contributed by atoms with van der Waals surface area (Å²) in [5.41, 5.74) is 0.635. The summed E-state index contributed by atoms with van der Waals surface area (Å²) in [6, 6.07) is 0. The fourth-order valence-corrected chi connectivity index (χ4v) is 3.21. The average molecular weight is 239 g/mol. The highest BCUT2D eigenvalue weighted by atomic mass is 15.2. The molecule has 17 heavy (non-hydrogen) atoms. The summed E-state index contributed by atoms with van der Waals surface area (Å²) < 4.78 is 0. The van der Waals surface area contributed by atoms with Gasteiger partial charge < -0.3 is 4.90 Å². The van der Waals surface area contributed by atoms with Crippen LogP contribution in [0.2, 0.25) is 0 Å². The molecule has 102 valence electrons. The van der Waals surface area contributed by atoms with Gasteiger partial charge in [0.1, 0.15) is 0 Å². The molecule has 0 spiro atoms. The highest BCUT2D eigenvalue weighted by Crippen LogP contribution is 2.42. The first-order valence-electron chi connectivity index (χ1n) is 7.81. The highest BCUT2D eigenvalue weighted by molar-refractivity contribution is 4.91. The molecule has 0 saturated carbocycles. The van der Waals surface area contributed by atoms with Gasteiger partial charge in [0, 0.05) is 13.1 Å². The van der Waals surface area contributed by atoms with Crippen molar-refractivity contribution < 1.29 is 0 Å². The van der Waals surface area contributed by atoms with Crippen LogP contribution in [-0.4, -0.2) is 25.0 Å². The third-order valence-electron chi connectivity index (χ3n) is 4.75. The molecule has 1 aliphatic heterocycles. The van der Waals surface area contributed by atoms with Gasteiger partial charge in [-0.25, -0.2) is 0 Å². The summed E-state index contributed by atoms with van der Waals surface area (Å²) in [7, 11) is 2.26. The van der Waals surface area contributed by atoms with Crippen LogP contribution in [0.5, 0.6) is 0 Å². The van der Waals surface area contributed by atoms with Crippen LogP contribution >= 0.6 is 0 Å². The van der Waals surface area contributed by atoms with Crippen LogP contribution < -0.4 is 0 Å². The zero-order valence-corrected chi connectivity index (χ0v) is 12.6. The SMILES string of the molecule is CCCCCCC(C)(CCCC)C1CN(C)C1. The van der Waals surface area contributed by atoms with Crippen LogP contribution in [-0.2, 0) is 0 Å². The molecule has 1 fully saturated rings. The lowest BCUT2D eigenvalue weighted by Crippen LogP contribution is -2.51. The quantitative estimate of drug-likeness (QED) is 0.526. The molecule has 1 atom stereocenters. The second-order valence-corrected chi connectivity index (χ2v) is 6.49. The van der Waals surface area contributed by atoms with Gasteiger partial charge in [-0.2, -0.15) is 0 Å². The van der Waals surface area contributed by atoms with Gasteiger partial charge in [0.15, 0.2) is 0 Å². The highest BCUT2D eigenvalue weighted by Gasteiger charge is 2.39. The van der Waals surface area contributed by atoms with Crippen LogP contribution in [0.1, 0.15) is 72.1 Å². The van der Waals surface area contributed by atoms with E-state index in [1.807, 2.05) is 0 Å². The lowest BCUT2D eigenvalue weighted by molar-refractivity contribution is 0.00923. The van der Waals surface area contributed by atoms with Crippen LogP contribution in [0.15, 0.2) is 0 Å². The molecule has 1 unspecified atom stereocenters. The Morgan fingerprint density at radius 2 is 1.53 bits per heavy atom. The van der Waals surface area contributed by atoms with E-state index in [0.29, 0.717) is 5.41 Å². The van der Waals surface area contributed by atoms with E-state index in [9.17, 15) is 0 Å². The molecule has 0 aromatic carbocycles. The van der Waals surface area contributed by atoms with Gasteiger partial charge >= 0.3 is 0 Å². The van der Waals surface area contributed by atoms with Crippen LogP contribution in [0.4, 0.5) is 0 Å². The molecule has 0 radical (unpaired) electrons. The first kappa shape index (κ1) is 15.0. The third kappa shape index (κ3) is 4.62. The molecular weight excluding hydrogens is 206 g/mol. The van der Waals surface area contributed by atoms with Gasteiger partial charge in [0.2, 0.25) is 0 Å². The smallest absolute Gasteiger partial charge is 0.00242 e. The molecule has 0 aromatic rings. The molecule has 1 aliphatic rings. The van der Waals surface area contributed by atoms with E-state index in [1.165, 1.54) is 64.5 Å².